The first-order valence-electron chi connectivity index (χ1n) is 4.49. The molecule has 0 heterocycles. The lowest BCUT2D eigenvalue weighted by molar-refractivity contribution is 0.0229. The molecule has 0 spiro atoms. The van der Waals surface area contributed by atoms with E-state index >= 15 is 0 Å². The Morgan fingerprint density at radius 1 is 1.47 bits per heavy atom. The fourth-order valence-electron chi connectivity index (χ4n) is 1.27. The predicted molar refractivity (Wildman–Crippen MR) is 53.0 cm³/mol. The van der Waals surface area contributed by atoms with Gasteiger partial charge in [-0.05, 0) is 12.1 Å². The third-order valence-corrected chi connectivity index (χ3v) is 2.12. The van der Waals surface area contributed by atoms with Crippen LogP contribution in [0.5, 0.6) is 5.75 Å². The Hall–Kier alpha value is -1.17. The van der Waals surface area contributed by atoms with E-state index < -0.39 is 18.0 Å². The van der Waals surface area contributed by atoms with Crippen LogP contribution in [-0.4, -0.2) is 30.0 Å². The van der Waals surface area contributed by atoms with Crippen LogP contribution in [0.1, 0.15) is 11.7 Å². The summed E-state index contributed by atoms with van der Waals surface area (Å²) in [6.45, 7) is -0.0816. The molecule has 1 rings (SSSR count). The largest absolute Gasteiger partial charge is 0.496 e. The van der Waals surface area contributed by atoms with Gasteiger partial charge in [-0.3, -0.25) is 0 Å². The summed E-state index contributed by atoms with van der Waals surface area (Å²) in [4.78, 5) is 0. The highest BCUT2D eigenvalue weighted by Crippen LogP contribution is 2.27. The molecule has 0 bridgehead atoms. The Kier molecular flexibility index (Phi) is 4.02. The van der Waals surface area contributed by atoms with Crippen LogP contribution in [0.4, 0.5) is 4.39 Å². The molecule has 0 radical (unpaired) electrons. The number of aliphatic hydroxyl groups excluding tert-OH is 2. The van der Waals surface area contributed by atoms with E-state index in [-0.39, 0.29) is 12.3 Å². The standard InChI is InChI=1S/C10H14FNO3/c1-15-9-4-6(11)2-3-7(9)10(14)8(13)5-12/h2-4,8,10,13-14H,5,12H2,1H3. The monoisotopic (exact) mass is 215 g/mol. The van der Waals surface area contributed by atoms with Crippen molar-refractivity contribution in [2.45, 2.75) is 12.2 Å². The molecular weight excluding hydrogens is 201 g/mol. The van der Waals surface area contributed by atoms with Gasteiger partial charge in [-0.15, -0.1) is 0 Å². The van der Waals surface area contributed by atoms with Crippen molar-refractivity contribution in [1.82, 2.24) is 0 Å². The second-order valence-corrected chi connectivity index (χ2v) is 3.13. The highest BCUT2D eigenvalue weighted by atomic mass is 19.1. The van der Waals surface area contributed by atoms with Crippen molar-refractivity contribution in [3.05, 3.63) is 29.6 Å². The van der Waals surface area contributed by atoms with Gasteiger partial charge in [0.1, 0.15) is 17.7 Å². The molecule has 0 saturated heterocycles. The van der Waals surface area contributed by atoms with Crippen LogP contribution in [0.3, 0.4) is 0 Å². The zero-order valence-electron chi connectivity index (χ0n) is 8.35. The first kappa shape index (κ1) is 11.9. The van der Waals surface area contributed by atoms with E-state index in [1.807, 2.05) is 0 Å². The molecule has 0 fully saturated rings. The molecule has 0 saturated carbocycles. The van der Waals surface area contributed by atoms with Crippen molar-refractivity contribution in [2.75, 3.05) is 13.7 Å². The highest BCUT2D eigenvalue weighted by Gasteiger charge is 2.20. The second-order valence-electron chi connectivity index (χ2n) is 3.13. The van der Waals surface area contributed by atoms with Gasteiger partial charge in [-0.2, -0.15) is 0 Å². The van der Waals surface area contributed by atoms with Crippen LogP contribution in [0, 0.1) is 5.82 Å². The second kappa shape index (κ2) is 5.06. The molecule has 0 aromatic heterocycles. The number of hydrogen-bond acceptors (Lipinski definition) is 4. The van der Waals surface area contributed by atoms with E-state index in [1.165, 1.54) is 19.2 Å². The first-order chi connectivity index (χ1) is 7.10. The van der Waals surface area contributed by atoms with Gasteiger partial charge in [0.25, 0.3) is 0 Å². The van der Waals surface area contributed by atoms with Gasteiger partial charge < -0.3 is 20.7 Å². The maximum Gasteiger partial charge on any atom is 0.127 e. The Morgan fingerprint density at radius 2 is 2.13 bits per heavy atom. The maximum atomic E-state index is 12.8. The van der Waals surface area contributed by atoms with Crippen LogP contribution in [0.2, 0.25) is 0 Å². The van der Waals surface area contributed by atoms with Crippen LogP contribution in [-0.2, 0) is 0 Å². The van der Waals surface area contributed by atoms with Crippen LogP contribution in [0.25, 0.3) is 0 Å². The summed E-state index contributed by atoms with van der Waals surface area (Å²) in [5.41, 5.74) is 5.52. The topological polar surface area (TPSA) is 75.7 Å². The molecular formula is C10H14FNO3. The molecule has 0 amide bonds. The van der Waals surface area contributed by atoms with Crippen molar-refractivity contribution in [3.63, 3.8) is 0 Å². The molecule has 84 valence electrons. The van der Waals surface area contributed by atoms with Crippen LogP contribution >= 0.6 is 0 Å². The minimum Gasteiger partial charge on any atom is -0.496 e. The summed E-state index contributed by atoms with van der Waals surface area (Å²) in [7, 11) is 1.36. The minimum absolute atomic E-state index is 0.0816. The highest BCUT2D eigenvalue weighted by molar-refractivity contribution is 5.36. The molecule has 5 heteroatoms. The minimum atomic E-state index is -1.18. The van der Waals surface area contributed by atoms with Gasteiger partial charge in [0.15, 0.2) is 0 Å². The van der Waals surface area contributed by atoms with Crippen molar-refractivity contribution in [1.29, 1.82) is 0 Å². The third-order valence-electron chi connectivity index (χ3n) is 2.12. The lowest BCUT2D eigenvalue weighted by Gasteiger charge is -2.18. The van der Waals surface area contributed by atoms with E-state index in [2.05, 4.69) is 0 Å². The lowest BCUT2D eigenvalue weighted by atomic mass is 10.0. The van der Waals surface area contributed by atoms with Gasteiger partial charge >= 0.3 is 0 Å². The van der Waals surface area contributed by atoms with E-state index in [0.717, 1.165) is 6.07 Å². The SMILES string of the molecule is COc1cc(F)ccc1C(O)C(O)CN. The molecule has 0 aliphatic rings. The Bertz CT molecular complexity index is 332. The summed E-state index contributed by atoms with van der Waals surface area (Å²) in [5, 5.41) is 19.0. The quantitative estimate of drug-likeness (QED) is 0.670. The van der Waals surface area contributed by atoms with Gasteiger partial charge in [0.05, 0.1) is 13.2 Å². The van der Waals surface area contributed by atoms with Gasteiger partial charge in [0.2, 0.25) is 0 Å². The number of nitrogens with two attached hydrogens (primary N) is 1. The Labute approximate surface area is 87.1 Å². The fourth-order valence-corrected chi connectivity index (χ4v) is 1.27. The average molecular weight is 215 g/mol. The zero-order valence-corrected chi connectivity index (χ0v) is 8.35. The third kappa shape index (κ3) is 2.65. The predicted octanol–water partition coefficient (Wildman–Crippen LogP) is 0.187. The van der Waals surface area contributed by atoms with Gasteiger partial charge in [0, 0.05) is 18.2 Å². The Morgan fingerprint density at radius 3 is 2.67 bits per heavy atom. The van der Waals surface area contributed by atoms with Crippen molar-refractivity contribution < 1.29 is 19.3 Å². The summed E-state index contributed by atoms with van der Waals surface area (Å²) in [6, 6.07) is 3.68. The van der Waals surface area contributed by atoms with E-state index in [1.54, 1.807) is 0 Å². The smallest absolute Gasteiger partial charge is 0.127 e. The van der Waals surface area contributed by atoms with Crippen molar-refractivity contribution >= 4 is 0 Å². The fraction of sp³-hybridized carbons (Fsp3) is 0.400. The lowest BCUT2D eigenvalue weighted by Crippen LogP contribution is -2.27. The number of aliphatic hydroxyl groups is 2. The van der Waals surface area contributed by atoms with Crippen LogP contribution in [0.15, 0.2) is 18.2 Å². The molecule has 15 heavy (non-hydrogen) atoms. The molecule has 1 aromatic carbocycles. The molecule has 2 unspecified atom stereocenters. The number of ether oxygens (including phenoxy) is 1. The summed E-state index contributed by atoms with van der Waals surface area (Å²) >= 11 is 0. The zero-order chi connectivity index (χ0) is 11.4. The molecule has 2 atom stereocenters. The van der Waals surface area contributed by atoms with Crippen molar-refractivity contribution in [3.8, 4) is 5.75 Å². The number of benzene rings is 1. The van der Waals surface area contributed by atoms with Crippen LogP contribution < -0.4 is 10.5 Å². The molecule has 4 nitrogen and oxygen atoms in total. The number of halogens is 1. The van der Waals surface area contributed by atoms with Crippen molar-refractivity contribution in [2.24, 2.45) is 5.73 Å². The normalized spacial score (nSPS) is 14.7. The average Bonchev–Trinajstić information content (AvgIpc) is 2.26. The Balaban J connectivity index is 3.02. The molecule has 0 aliphatic carbocycles. The van der Waals surface area contributed by atoms with E-state index in [9.17, 15) is 14.6 Å². The first-order valence-corrected chi connectivity index (χ1v) is 4.49. The number of methoxy groups -OCH3 is 1. The van der Waals surface area contributed by atoms with Gasteiger partial charge in [-0.1, -0.05) is 0 Å². The van der Waals surface area contributed by atoms with E-state index in [4.69, 9.17) is 10.5 Å². The molecule has 1 aromatic rings. The number of rotatable bonds is 4. The van der Waals surface area contributed by atoms with E-state index in [0.29, 0.717) is 5.56 Å². The number of hydrogen-bond donors (Lipinski definition) is 3. The maximum absolute atomic E-state index is 12.8. The molecule has 4 N–H and O–H groups in total. The summed E-state index contributed by atoms with van der Waals surface area (Å²) in [5.74, 6) is -0.278. The summed E-state index contributed by atoms with van der Waals surface area (Å²) in [6.07, 6.45) is -2.27. The summed E-state index contributed by atoms with van der Waals surface area (Å²) < 4.78 is 17.7. The molecule has 0 aliphatic heterocycles. The van der Waals surface area contributed by atoms with Gasteiger partial charge in [-0.25, -0.2) is 4.39 Å².